The fourth-order valence-corrected chi connectivity index (χ4v) is 2.44. The normalized spacial score (nSPS) is 11.7. The molecule has 20 heavy (non-hydrogen) atoms. The van der Waals surface area contributed by atoms with E-state index in [9.17, 15) is 17.6 Å². The summed E-state index contributed by atoms with van der Waals surface area (Å²) in [6.07, 6.45) is 1.77. The van der Waals surface area contributed by atoms with Gasteiger partial charge in [0.25, 0.3) is 15.0 Å². The first-order valence-electron chi connectivity index (χ1n) is 6.23. The quantitative estimate of drug-likeness (QED) is 0.647. The van der Waals surface area contributed by atoms with Crippen molar-refractivity contribution < 1.29 is 17.6 Å². The number of benzene rings is 1. The summed E-state index contributed by atoms with van der Waals surface area (Å²) in [5.74, 6) is -0.803. The van der Waals surface area contributed by atoms with Gasteiger partial charge in [0, 0.05) is 22.8 Å². The van der Waals surface area contributed by atoms with E-state index in [-0.39, 0.29) is 5.56 Å². The molecule has 0 aromatic heterocycles. The molecule has 0 saturated carbocycles. The summed E-state index contributed by atoms with van der Waals surface area (Å²) in [5.41, 5.74) is -0.0613. The lowest BCUT2D eigenvalue weighted by Crippen LogP contribution is -2.25. The van der Waals surface area contributed by atoms with Crippen LogP contribution in [0.25, 0.3) is 0 Å². The SMILES string of the molecule is CC(C)CCCNC(=O)c1cc(F)cc(S(=O)(=O)Cl)c1. The summed E-state index contributed by atoms with van der Waals surface area (Å²) in [5, 5.41) is 2.62. The predicted octanol–water partition coefficient (Wildman–Crippen LogP) is 2.92. The number of carbonyl (C=O) groups is 1. The Hall–Kier alpha value is -1.14. The molecular weight excluding hydrogens is 305 g/mol. The fourth-order valence-electron chi connectivity index (χ4n) is 1.65. The van der Waals surface area contributed by atoms with Gasteiger partial charge in [-0.1, -0.05) is 13.8 Å². The molecule has 0 aliphatic rings. The van der Waals surface area contributed by atoms with Crippen LogP contribution >= 0.6 is 10.7 Å². The van der Waals surface area contributed by atoms with Crippen molar-refractivity contribution in [3.05, 3.63) is 29.6 Å². The van der Waals surface area contributed by atoms with Crippen LogP contribution in [-0.2, 0) is 9.05 Å². The molecule has 1 aromatic carbocycles. The van der Waals surface area contributed by atoms with E-state index in [0.29, 0.717) is 12.5 Å². The molecular formula is C13H17ClFNO3S. The van der Waals surface area contributed by atoms with Crippen molar-refractivity contribution in [3.8, 4) is 0 Å². The Morgan fingerprint density at radius 2 is 2.00 bits per heavy atom. The first-order valence-corrected chi connectivity index (χ1v) is 8.54. The van der Waals surface area contributed by atoms with Gasteiger partial charge in [-0.15, -0.1) is 0 Å². The third-order valence-corrected chi connectivity index (χ3v) is 3.99. The fraction of sp³-hybridized carbons (Fsp3) is 0.462. The highest BCUT2D eigenvalue weighted by Gasteiger charge is 2.15. The van der Waals surface area contributed by atoms with Crippen molar-refractivity contribution >= 4 is 25.6 Å². The van der Waals surface area contributed by atoms with Crippen molar-refractivity contribution in [1.82, 2.24) is 5.32 Å². The highest BCUT2D eigenvalue weighted by atomic mass is 35.7. The summed E-state index contributed by atoms with van der Waals surface area (Å²) < 4.78 is 35.6. The molecule has 0 radical (unpaired) electrons. The Kier molecular flexibility index (Phi) is 5.95. The largest absolute Gasteiger partial charge is 0.352 e. The molecule has 0 heterocycles. The summed E-state index contributed by atoms with van der Waals surface area (Å²) in [6, 6.07) is 2.81. The van der Waals surface area contributed by atoms with Crippen molar-refractivity contribution in [3.63, 3.8) is 0 Å². The highest BCUT2D eigenvalue weighted by molar-refractivity contribution is 8.13. The second-order valence-corrected chi connectivity index (χ2v) is 7.47. The molecule has 1 rings (SSSR count). The maximum Gasteiger partial charge on any atom is 0.261 e. The molecule has 0 fully saturated rings. The van der Waals surface area contributed by atoms with Crippen LogP contribution in [0, 0.1) is 11.7 Å². The van der Waals surface area contributed by atoms with Crippen LogP contribution in [0.15, 0.2) is 23.1 Å². The Labute approximate surface area is 122 Å². The van der Waals surface area contributed by atoms with E-state index in [1.54, 1.807) is 0 Å². The van der Waals surface area contributed by atoms with Crippen LogP contribution in [0.4, 0.5) is 4.39 Å². The van der Waals surface area contributed by atoms with E-state index in [2.05, 4.69) is 19.2 Å². The van der Waals surface area contributed by atoms with Gasteiger partial charge in [-0.2, -0.15) is 0 Å². The first kappa shape index (κ1) is 16.9. The van der Waals surface area contributed by atoms with Gasteiger partial charge < -0.3 is 5.32 Å². The van der Waals surface area contributed by atoms with Crippen molar-refractivity contribution in [2.75, 3.05) is 6.54 Å². The lowest BCUT2D eigenvalue weighted by molar-refractivity contribution is 0.0952. The van der Waals surface area contributed by atoms with E-state index >= 15 is 0 Å². The van der Waals surface area contributed by atoms with Gasteiger partial charge in [-0.05, 0) is 37.0 Å². The molecule has 0 bridgehead atoms. The third-order valence-electron chi connectivity index (χ3n) is 2.66. The van der Waals surface area contributed by atoms with E-state index in [4.69, 9.17) is 10.7 Å². The second-order valence-electron chi connectivity index (χ2n) is 4.91. The van der Waals surface area contributed by atoms with E-state index in [1.807, 2.05) is 0 Å². The highest BCUT2D eigenvalue weighted by Crippen LogP contribution is 2.18. The summed E-state index contributed by atoms with van der Waals surface area (Å²) in [4.78, 5) is 11.4. The second kappa shape index (κ2) is 7.04. The van der Waals surface area contributed by atoms with Crippen molar-refractivity contribution in [1.29, 1.82) is 0 Å². The van der Waals surface area contributed by atoms with Gasteiger partial charge in [-0.3, -0.25) is 4.79 Å². The maximum absolute atomic E-state index is 13.3. The predicted molar refractivity (Wildman–Crippen MR) is 75.8 cm³/mol. The Morgan fingerprint density at radius 3 is 2.55 bits per heavy atom. The van der Waals surface area contributed by atoms with Crippen molar-refractivity contribution in [2.24, 2.45) is 5.92 Å². The number of hydrogen-bond donors (Lipinski definition) is 1. The monoisotopic (exact) mass is 321 g/mol. The average molecular weight is 322 g/mol. The molecule has 7 heteroatoms. The van der Waals surface area contributed by atoms with E-state index < -0.39 is 25.7 Å². The third kappa shape index (κ3) is 5.46. The van der Waals surface area contributed by atoms with Crippen LogP contribution in [0.1, 0.15) is 37.0 Å². The van der Waals surface area contributed by atoms with Gasteiger partial charge in [0.1, 0.15) is 5.82 Å². The van der Waals surface area contributed by atoms with Gasteiger partial charge >= 0.3 is 0 Å². The van der Waals surface area contributed by atoms with Crippen LogP contribution in [0.2, 0.25) is 0 Å². The zero-order valence-corrected chi connectivity index (χ0v) is 12.9. The lowest BCUT2D eigenvalue weighted by Gasteiger charge is -2.08. The maximum atomic E-state index is 13.3. The minimum Gasteiger partial charge on any atom is -0.352 e. The Morgan fingerprint density at radius 1 is 1.35 bits per heavy atom. The molecule has 4 nitrogen and oxygen atoms in total. The van der Waals surface area contributed by atoms with Crippen molar-refractivity contribution in [2.45, 2.75) is 31.6 Å². The molecule has 0 spiro atoms. The van der Waals surface area contributed by atoms with Gasteiger partial charge in [0.15, 0.2) is 0 Å². The minimum absolute atomic E-state index is 0.0613. The zero-order valence-electron chi connectivity index (χ0n) is 11.3. The molecule has 0 unspecified atom stereocenters. The first-order chi connectivity index (χ1) is 9.20. The van der Waals surface area contributed by atoms with Gasteiger partial charge in [-0.25, -0.2) is 12.8 Å². The number of nitrogens with one attached hydrogen (secondary N) is 1. The summed E-state index contributed by atoms with van der Waals surface area (Å²) in [7, 11) is 1.08. The molecule has 0 saturated heterocycles. The molecule has 0 aliphatic carbocycles. The topological polar surface area (TPSA) is 63.2 Å². The lowest BCUT2D eigenvalue weighted by atomic mass is 10.1. The number of carbonyl (C=O) groups excluding carboxylic acids is 1. The van der Waals surface area contributed by atoms with Gasteiger partial charge in [0.05, 0.1) is 4.90 Å². The Bertz CT molecular complexity index is 587. The molecule has 0 atom stereocenters. The van der Waals surface area contributed by atoms with Crippen LogP contribution in [-0.4, -0.2) is 20.9 Å². The molecule has 112 valence electrons. The Balaban J connectivity index is 2.76. The van der Waals surface area contributed by atoms with Gasteiger partial charge in [0.2, 0.25) is 0 Å². The number of halogens is 2. The molecule has 1 amide bonds. The van der Waals surface area contributed by atoms with E-state index in [0.717, 1.165) is 31.0 Å². The molecule has 0 aliphatic heterocycles. The summed E-state index contributed by atoms with van der Waals surface area (Å²) >= 11 is 0. The standard InChI is InChI=1S/C13H17ClFNO3S/c1-9(2)4-3-5-16-13(17)10-6-11(15)8-12(7-10)20(14,18)19/h6-9H,3-5H2,1-2H3,(H,16,17). The van der Waals surface area contributed by atoms with Crippen LogP contribution in [0.5, 0.6) is 0 Å². The molecule has 1 aromatic rings. The number of amides is 1. The average Bonchev–Trinajstić information content (AvgIpc) is 2.32. The summed E-state index contributed by atoms with van der Waals surface area (Å²) in [6.45, 7) is 4.61. The number of hydrogen-bond acceptors (Lipinski definition) is 3. The van der Waals surface area contributed by atoms with E-state index in [1.165, 1.54) is 0 Å². The molecule has 1 N–H and O–H groups in total. The zero-order chi connectivity index (χ0) is 15.3. The minimum atomic E-state index is -4.07. The van der Waals surface area contributed by atoms with Crippen LogP contribution < -0.4 is 5.32 Å². The smallest absolute Gasteiger partial charge is 0.261 e. The van der Waals surface area contributed by atoms with Crippen LogP contribution in [0.3, 0.4) is 0 Å². The number of rotatable bonds is 6.